The number of hydrogen-bond donors (Lipinski definition) is 1. The second kappa shape index (κ2) is 9.33. The number of hydrogen-bond acceptors (Lipinski definition) is 5. The molecule has 2 aromatic rings. The molecule has 0 aromatic heterocycles. The fourth-order valence-electron chi connectivity index (χ4n) is 4.67. The lowest BCUT2D eigenvalue weighted by molar-refractivity contribution is -0.138. The Kier molecular flexibility index (Phi) is 6.51. The predicted octanol–water partition coefficient (Wildman–Crippen LogP) is 5.38. The number of Topliss-reactive ketones (excluding diaryl/α,β-unsaturated/α-hetero) is 1. The third-order valence-corrected chi connectivity index (χ3v) is 6.56. The highest BCUT2D eigenvalue weighted by Gasteiger charge is 2.41. The monoisotopic (exact) mass is 495 g/mol. The van der Waals surface area contributed by atoms with Gasteiger partial charge in [0, 0.05) is 33.8 Å². The standard InChI is InChI=1S/C26H26BrNO4/c1-4-32-26(30)23-15(2)28-21-13-18(16-7-6-10-20(12-16)31-3)14-22(29)25(21)24(23)17-8-5-9-19(27)11-17/h5-12,18,24,28H,4,13-14H2,1-3H3/t18-,24+/m1/s1. The smallest absolute Gasteiger partial charge is 0.336 e. The molecule has 4 rings (SSSR count). The van der Waals surface area contributed by atoms with Gasteiger partial charge >= 0.3 is 5.97 Å². The van der Waals surface area contributed by atoms with Crippen LogP contribution in [0.1, 0.15) is 49.7 Å². The molecule has 32 heavy (non-hydrogen) atoms. The van der Waals surface area contributed by atoms with Gasteiger partial charge in [0.1, 0.15) is 5.75 Å². The normalized spacial score (nSPS) is 20.6. The average molecular weight is 496 g/mol. The molecule has 0 saturated carbocycles. The minimum absolute atomic E-state index is 0.0453. The lowest BCUT2D eigenvalue weighted by atomic mass is 9.71. The van der Waals surface area contributed by atoms with Crippen LogP contribution in [0.25, 0.3) is 0 Å². The van der Waals surface area contributed by atoms with Gasteiger partial charge in [-0.05, 0) is 61.6 Å². The summed E-state index contributed by atoms with van der Waals surface area (Å²) < 4.78 is 11.6. The molecule has 1 aliphatic heterocycles. The summed E-state index contributed by atoms with van der Waals surface area (Å²) in [6.45, 7) is 3.94. The van der Waals surface area contributed by atoms with Gasteiger partial charge in [-0.3, -0.25) is 4.79 Å². The van der Waals surface area contributed by atoms with Crippen LogP contribution in [0.4, 0.5) is 0 Å². The summed E-state index contributed by atoms with van der Waals surface area (Å²) in [5.74, 6) is 0.0205. The molecule has 0 unspecified atom stereocenters. The first-order valence-corrected chi connectivity index (χ1v) is 11.5. The van der Waals surface area contributed by atoms with Crippen molar-refractivity contribution in [2.24, 2.45) is 0 Å². The van der Waals surface area contributed by atoms with Gasteiger partial charge in [0.05, 0.1) is 19.3 Å². The summed E-state index contributed by atoms with van der Waals surface area (Å²) in [6.07, 6.45) is 1.07. The minimum Gasteiger partial charge on any atom is -0.497 e. The molecule has 1 N–H and O–H groups in total. The summed E-state index contributed by atoms with van der Waals surface area (Å²) in [5, 5.41) is 3.38. The van der Waals surface area contributed by atoms with Crippen LogP contribution in [-0.2, 0) is 14.3 Å². The number of nitrogens with one attached hydrogen (secondary N) is 1. The Balaban J connectivity index is 1.79. The summed E-state index contributed by atoms with van der Waals surface area (Å²) in [4.78, 5) is 26.5. The van der Waals surface area contributed by atoms with E-state index in [9.17, 15) is 9.59 Å². The number of rotatable bonds is 5. The van der Waals surface area contributed by atoms with E-state index in [1.807, 2.05) is 55.5 Å². The Morgan fingerprint density at radius 3 is 2.59 bits per heavy atom. The Labute approximate surface area is 196 Å². The number of esters is 1. The number of ketones is 1. The molecule has 0 bridgehead atoms. The van der Waals surface area contributed by atoms with Crippen LogP contribution in [0.2, 0.25) is 0 Å². The van der Waals surface area contributed by atoms with E-state index >= 15 is 0 Å². The summed E-state index contributed by atoms with van der Waals surface area (Å²) in [5.41, 5.74) is 4.73. The molecule has 6 heteroatoms. The second-order valence-electron chi connectivity index (χ2n) is 8.07. The SMILES string of the molecule is CCOC(=O)C1=C(C)NC2=C(C(=O)C[C@H](c3cccc(OC)c3)C2)[C@H]1c1cccc(Br)c1. The van der Waals surface area contributed by atoms with Crippen LogP contribution in [0, 0.1) is 0 Å². The number of methoxy groups -OCH3 is 1. The maximum atomic E-state index is 13.6. The van der Waals surface area contributed by atoms with E-state index in [0.717, 1.165) is 32.7 Å². The fraction of sp³-hybridized carbons (Fsp3) is 0.308. The maximum Gasteiger partial charge on any atom is 0.336 e. The van der Waals surface area contributed by atoms with Gasteiger partial charge in [0.2, 0.25) is 0 Å². The molecular weight excluding hydrogens is 470 g/mol. The number of carbonyl (C=O) groups excluding carboxylic acids is 2. The highest BCUT2D eigenvalue weighted by molar-refractivity contribution is 9.10. The van der Waals surface area contributed by atoms with Gasteiger partial charge in [-0.25, -0.2) is 4.79 Å². The van der Waals surface area contributed by atoms with Crippen LogP contribution < -0.4 is 10.1 Å². The highest BCUT2D eigenvalue weighted by atomic mass is 79.9. The van der Waals surface area contributed by atoms with Crippen molar-refractivity contribution in [3.63, 3.8) is 0 Å². The number of allylic oxidation sites excluding steroid dienone is 3. The molecule has 0 radical (unpaired) electrons. The predicted molar refractivity (Wildman–Crippen MR) is 126 cm³/mol. The molecule has 1 aliphatic carbocycles. The van der Waals surface area contributed by atoms with Crippen LogP contribution >= 0.6 is 15.9 Å². The van der Waals surface area contributed by atoms with E-state index in [-0.39, 0.29) is 18.3 Å². The molecule has 0 fully saturated rings. The van der Waals surface area contributed by atoms with E-state index < -0.39 is 11.9 Å². The molecule has 0 saturated heterocycles. The molecule has 0 amide bonds. The van der Waals surface area contributed by atoms with Crippen LogP contribution in [0.15, 0.2) is 75.5 Å². The van der Waals surface area contributed by atoms with Gasteiger partial charge in [-0.15, -0.1) is 0 Å². The number of halogens is 1. The number of benzene rings is 2. The Morgan fingerprint density at radius 2 is 1.88 bits per heavy atom. The van der Waals surface area contributed by atoms with Gasteiger partial charge in [-0.1, -0.05) is 40.2 Å². The Bertz CT molecular complexity index is 1130. The van der Waals surface area contributed by atoms with Crippen LogP contribution in [-0.4, -0.2) is 25.5 Å². The Hall–Kier alpha value is -2.86. The first kappa shape index (κ1) is 22.3. The topological polar surface area (TPSA) is 64.6 Å². The lowest BCUT2D eigenvalue weighted by Gasteiger charge is -2.36. The van der Waals surface area contributed by atoms with Crippen LogP contribution in [0.5, 0.6) is 5.75 Å². The largest absolute Gasteiger partial charge is 0.497 e. The third-order valence-electron chi connectivity index (χ3n) is 6.07. The minimum atomic E-state index is -0.457. The average Bonchev–Trinajstić information content (AvgIpc) is 2.78. The maximum absolute atomic E-state index is 13.6. The van der Waals surface area contributed by atoms with Crippen LogP contribution in [0.3, 0.4) is 0 Å². The zero-order chi connectivity index (χ0) is 22.8. The summed E-state index contributed by atoms with van der Waals surface area (Å²) in [6, 6.07) is 15.7. The molecule has 2 atom stereocenters. The van der Waals surface area contributed by atoms with Crippen molar-refractivity contribution in [3.05, 3.63) is 86.7 Å². The van der Waals surface area contributed by atoms with Gasteiger partial charge in [-0.2, -0.15) is 0 Å². The first-order chi connectivity index (χ1) is 15.4. The number of dihydropyridines is 1. The molecule has 0 spiro atoms. The summed E-state index contributed by atoms with van der Waals surface area (Å²) in [7, 11) is 1.64. The number of carbonyl (C=O) groups is 2. The molecule has 2 aliphatic rings. The zero-order valence-corrected chi connectivity index (χ0v) is 20.0. The highest BCUT2D eigenvalue weighted by Crippen LogP contribution is 2.46. The van der Waals surface area contributed by atoms with Gasteiger partial charge in [0.15, 0.2) is 5.78 Å². The summed E-state index contributed by atoms with van der Waals surface area (Å²) >= 11 is 3.53. The molecular formula is C26H26BrNO4. The van der Waals surface area contributed by atoms with E-state index in [2.05, 4.69) is 21.2 Å². The van der Waals surface area contributed by atoms with Gasteiger partial charge < -0.3 is 14.8 Å². The zero-order valence-electron chi connectivity index (χ0n) is 18.4. The van der Waals surface area contributed by atoms with Crippen molar-refractivity contribution in [1.82, 2.24) is 5.32 Å². The van der Waals surface area contributed by atoms with E-state index in [1.54, 1.807) is 14.0 Å². The van der Waals surface area contributed by atoms with Crippen molar-refractivity contribution < 1.29 is 19.1 Å². The van der Waals surface area contributed by atoms with E-state index in [0.29, 0.717) is 24.0 Å². The van der Waals surface area contributed by atoms with Crippen molar-refractivity contribution >= 4 is 27.7 Å². The molecule has 1 heterocycles. The Morgan fingerprint density at radius 1 is 1.12 bits per heavy atom. The molecule has 2 aromatic carbocycles. The van der Waals surface area contributed by atoms with Crippen molar-refractivity contribution in [2.75, 3.05) is 13.7 Å². The number of ether oxygens (including phenoxy) is 2. The first-order valence-electron chi connectivity index (χ1n) is 10.7. The second-order valence-corrected chi connectivity index (χ2v) is 8.99. The van der Waals surface area contributed by atoms with E-state index in [1.165, 1.54) is 0 Å². The molecule has 5 nitrogen and oxygen atoms in total. The fourth-order valence-corrected chi connectivity index (χ4v) is 5.09. The van der Waals surface area contributed by atoms with Crippen molar-refractivity contribution in [3.8, 4) is 5.75 Å². The van der Waals surface area contributed by atoms with Crippen molar-refractivity contribution in [1.29, 1.82) is 0 Å². The van der Waals surface area contributed by atoms with E-state index in [4.69, 9.17) is 9.47 Å². The quantitative estimate of drug-likeness (QED) is 0.563. The lowest BCUT2D eigenvalue weighted by Crippen LogP contribution is -2.36. The third kappa shape index (κ3) is 4.24. The van der Waals surface area contributed by atoms with Crippen molar-refractivity contribution in [2.45, 2.75) is 38.5 Å². The van der Waals surface area contributed by atoms with Gasteiger partial charge in [0.25, 0.3) is 0 Å². The molecule has 166 valence electrons.